The molecule has 25 heavy (non-hydrogen) atoms. The average Bonchev–Trinajstić information content (AvgIpc) is 2.66. The highest BCUT2D eigenvalue weighted by atomic mass is 19.1. The highest BCUT2D eigenvalue weighted by Crippen LogP contribution is 2.03. The number of aromatic nitrogens is 2. The van der Waals surface area contributed by atoms with Gasteiger partial charge in [0.05, 0.1) is 12.2 Å². The molecule has 4 nitrogen and oxygen atoms in total. The quantitative estimate of drug-likeness (QED) is 0.751. The van der Waals surface area contributed by atoms with Crippen LogP contribution < -0.4 is 5.32 Å². The molecule has 3 rings (SSSR count). The minimum absolute atomic E-state index is 0.282. The largest absolute Gasteiger partial charge is 0.345 e. The fourth-order valence-electron chi connectivity index (χ4n) is 2.08. The number of halogens is 1. The summed E-state index contributed by atoms with van der Waals surface area (Å²) in [4.78, 5) is 20.3. The van der Waals surface area contributed by atoms with Gasteiger partial charge >= 0.3 is 0 Å². The first-order valence-corrected chi connectivity index (χ1v) is 7.62. The van der Waals surface area contributed by atoms with E-state index in [4.69, 9.17) is 0 Å². The highest BCUT2D eigenvalue weighted by Gasteiger charge is 2.06. The van der Waals surface area contributed by atoms with Gasteiger partial charge in [0.2, 0.25) is 0 Å². The third-order valence-corrected chi connectivity index (χ3v) is 3.33. The molecule has 0 aliphatic carbocycles. The van der Waals surface area contributed by atoms with Gasteiger partial charge in [-0.15, -0.1) is 0 Å². The molecule has 0 fully saturated rings. The van der Waals surface area contributed by atoms with Crippen molar-refractivity contribution in [2.45, 2.75) is 6.54 Å². The van der Waals surface area contributed by atoms with Crippen LogP contribution in [0.4, 0.5) is 4.39 Å². The smallest absolute Gasteiger partial charge is 0.270 e. The van der Waals surface area contributed by atoms with Gasteiger partial charge in [-0.05, 0) is 42.5 Å². The first-order chi connectivity index (χ1) is 12.2. The zero-order chi connectivity index (χ0) is 17.5. The monoisotopic (exact) mass is 331 g/mol. The van der Waals surface area contributed by atoms with E-state index >= 15 is 0 Å². The highest BCUT2D eigenvalue weighted by molar-refractivity contribution is 5.92. The van der Waals surface area contributed by atoms with Crippen molar-refractivity contribution in [1.29, 1.82) is 0 Å². The fourth-order valence-corrected chi connectivity index (χ4v) is 2.08. The summed E-state index contributed by atoms with van der Waals surface area (Å²) in [5.41, 5.74) is 2.29. The van der Waals surface area contributed by atoms with Crippen molar-refractivity contribution >= 4 is 5.91 Å². The Labute approximate surface area is 144 Å². The number of nitrogens with zero attached hydrogens (tertiary/aromatic N) is 2. The summed E-state index contributed by atoms with van der Waals surface area (Å²) in [7, 11) is 0. The maximum Gasteiger partial charge on any atom is 0.270 e. The van der Waals surface area contributed by atoms with E-state index in [9.17, 15) is 9.18 Å². The number of hydrogen-bond acceptors (Lipinski definition) is 3. The van der Waals surface area contributed by atoms with Gasteiger partial charge in [-0.1, -0.05) is 24.0 Å². The molecular weight excluding hydrogens is 317 g/mol. The molecule has 0 saturated carbocycles. The summed E-state index contributed by atoms with van der Waals surface area (Å²) in [5.74, 6) is 5.14. The molecule has 2 heterocycles. The molecule has 122 valence electrons. The predicted octanol–water partition coefficient (Wildman–Crippen LogP) is 2.95. The normalized spacial score (nSPS) is 9.80. The average molecular weight is 331 g/mol. The lowest BCUT2D eigenvalue weighted by Gasteiger charge is -2.04. The van der Waals surface area contributed by atoms with E-state index in [1.54, 1.807) is 30.5 Å². The summed E-state index contributed by atoms with van der Waals surface area (Å²) in [5, 5.41) is 2.76. The minimum atomic E-state index is -0.329. The molecule has 0 aliphatic rings. The number of pyridine rings is 2. The van der Waals surface area contributed by atoms with Crippen LogP contribution in [0.1, 0.15) is 27.3 Å². The first-order valence-electron chi connectivity index (χ1n) is 7.62. The van der Waals surface area contributed by atoms with Crippen LogP contribution >= 0.6 is 0 Å². The maximum absolute atomic E-state index is 13.1. The first kappa shape index (κ1) is 16.3. The summed E-state index contributed by atoms with van der Waals surface area (Å²) in [6.07, 6.45) is 3.19. The summed E-state index contributed by atoms with van der Waals surface area (Å²) < 4.78 is 13.1. The molecule has 1 N–H and O–H groups in total. The standard InChI is InChI=1S/C20H14FN3O/c21-17-5-3-4-15(12-17)7-8-16-9-10-19(23-13-16)20(25)24-14-18-6-1-2-11-22-18/h1-6,9-13H,14H2,(H,24,25). The van der Waals surface area contributed by atoms with Gasteiger partial charge in [0.1, 0.15) is 11.5 Å². The molecule has 0 aliphatic heterocycles. The second kappa shape index (κ2) is 7.84. The zero-order valence-electron chi connectivity index (χ0n) is 13.2. The lowest BCUT2D eigenvalue weighted by atomic mass is 10.2. The van der Waals surface area contributed by atoms with Crippen molar-refractivity contribution in [3.05, 3.63) is 95.3 Å². The van der Waals surface area contributed by atoms with Crippen LogP contribution in [0.3, 0.4) is 0 Å². The summed E-state index contributed by atoms with van der Waals surface area (Å²) in [6.45, 7) is 0.336. The van der Waals surface area contributed by atoms with Crippen molar-refractivity contribution < 1.29 is 9.18 Å². The van der Waals surface area contributed by atoms with Crippen molar-refractivity contribution in [1.82, 2.24) is 15.3 Å². The van der Waals surface area contributed by atoms with Gasteiger partial charge in [-0.3, -0.25) is 9.78 Å². The van der Waals surface area contributed by atoms with Gasteiger partial charge < -0.3 is 5.32 Å². The topological polar surface area (TPSA) is 54.9 Å². The summed E-state index contributed by atoms with van der Waals surface area (Å²) >= 11 is 0. The van der Waals surface area contributed by atoms with E-state index in [-0.39, 0.29) is 11.7 Å². The van der Waals surface area contributed by atoms with Crippen molar-refractivity contribution in [3.63, 3.8) is 0 Å². The molecular formula is C20H14FN3O. The molecule has 0 radical (unpaired) electrons. The number of rotatable bonds is 3. The van der Waals surface area contributed by atoms with E-state index in [1.807, 2.05) is 18.2 Å². The Balaban J connectivity index is 1.63. The SMILES string of the molecule is O=C(NCc1ccccn1)c1ccc(C#Cc2cccc(F)c2)cn1. The molecule has 1 amide bonds. The molecule has 0 unspecified atom stereocenters. The summed E-state index contributed by atoms with van der Waals surface area (Å²) in [6, 6.07) is 14.9. The third-order valence-electron chi connectivity index (χ3n) is 3.33. The Morgan fingerprint density at radius 2 is 1.88 bits per heavy atom. The van der Waals surface area contributed by atoms with Crippen molar-refractivity contribution in [2.75, 3.05) is 0 Å². The third kappa shape index (κ3) is 4.72. The Kier molecular flexibility index (Phi) is 5.13. The van der Waals surface area contributed by atoms with Gasteiger partial charge in [0, 0.05) is 23.5 Å². The fraction of sp³-hybridized carbons (Fsp3) is 0.0500. The lowest BCUT2D eigenvalue weighted by molar-refractivity contribution is 0.0945. The van der Waals surface area contributed by atoms with Gasteiger partial charge in [0.25, 0.3) is 5.91 Å². The molecule has 1 aromatic carbocycles. The Morgan fingerprint density at radius 3 is 2.60 bits per heavy atom. The van der Waals surface area contributed by atoms with Gasteiger partial charge in [-0.25, -0.2) is 9.37 Å². The molecule has 5 heteroatoms. The van der Waals surface area contributed by atoms with Crippen molar-refractivity contribution in [3.8, 4) is 11.8 Å². The Hall–Kier alpha value is -3.52. The predicted molar refractivity (Wildman–Crippen MR) is 92.0 cm³/mol. The number of carbonyl (C=O) groups is 1. The van der Waals surface area contributed by atoms with Crippen molar-refractivity contribution in [2.24, 2.45) is 0 Å². The molecule has 0 atom stereocenters. The Morgan fingerprint density at radius 1 is 1.00 bits per heavy atom. The van der Waals surface area contributed by atoms with Crippen LogP contribution in [-0.2, 0) is 6.54 Å². The van der Waals surface area contributed by atoms with E-state index in [0.29, 0.717) is 23.4 Å². The van der Waals surface area contributed by atoms with Crippen LogP contribution in [0, 0.1) is 17.7 Å². The van der Waals surface area contributed by atoms with E-state index in [1.165, 1.54) is 18.3 Å². The molecule has 0 spiro atoms. The number of hydrogen-bond donors (Lipinski definition) is 1. The minimum Gasteiger partial charge on any atom is -0.345 e. The van der Waals surface area contributed by atoms with Crippen LogP contribution in [0.2, 0.25) is 0 Å². The second-order valence-corrected chi connectivity index (χ2v) is 5.20. The van der Waals surface area contributed by atoms with Crippen LogP contribution in [0.15, 0.2) is 67.0 Å². The Bertz CT molecular complexity index is 928. The lowest BCUT2D eigenvalue weighted by Crippen LogP contribution is -2.24. The van der Waals surface area contributed by atoms with Crippen LogP contribution in [0.25, 0.3) is 0 Å². The number of amides is 1. The molecule has 2 aromatic heterocycles. The zero-order valence-corrected chi connectivity index (χ0v) is 13.2. The second-order valence-electron chi connectivity index (χ2n) is 5.20. The van der Waals surface area contributed by atoms with E-state index in [2.05, 4.69) is 27.1 Å². The molecule has 3 aromatic rings. The van der Waals surface area contributed by atoms with E-state index in [0.717, 1.165) is 5.69 Å². The van der Waals surface area contributed by atoms with E-state index < -0.39 is 0 Å². The number of benzene rings is 1. The maximum atomic E-state index is 13.1. The van der Waals surface area contributed by atoms with Crippen LogP contribution in [-0.4, -0.2) is 15.9 Å². The van der Waals surface area contributed by atoms with Gasteiger partial charge in [0.15, 0.2) is 0 Å². The molecule has 0 bridgehead atoms. The van der Waals surface area contributed by atoms with Gasteiger partial charge in [-0.2, -0.15) is 0 Å². The molecule has 0 saturated heterocycles. The number of nitrogens with one attached hydrogen (secondary N) is 1. The van der Waals surface area contributed by atoms with Crippen LogP contribution in [0.5, 0.6) is 0 Å². The number of carbonyl (C=O) groups excluding carboxylic acids is 1.